The van der Waals surface area contributed by atoms with Crippen LogP contribution in [0.5, 0.6) is 5.75 Å². The minimum atomic E-state index is 0.142. The van der Waals surface area contributed by atoms with E-state index in [0.29, 0.717) is 6.54 Å². The molecular weight excluding hydrogens is 308 g/mol. The molecule has 1 aliphatic rings. The molecule has 1 aliphatic heterocycles. The summed E-state index contributed by atoms with van der Waals surface area (Å²) in [5.41, 5.74) is 2.22. The van der Waals surface area contributed by atoms with Gasteiger partial charge in [0.2, 0.25) is 5.91 Å². The Morgan fingerprint density at radius 1 is 1.35 bits per heavy atom. The van der Waals surface area contributed by atoms with Gasteiger partial charge in [0.15, 0.2) is 0 Å². The monoisotopic (exact) mass is 330 g/mol. The van der Waals surface area contributed by atoms with Gasteiger partial charge in [-0.1, -0.05) is 6.07 Å². The number of carbonyl (C=O) groups is 1. The Bertz CT molecular complexity index is 698. The lowest BCUT2D eigenvalue weighted by molar-refractivity contribution is -0.122. The summed E-state index contributed by atoms with van der Waals surface area (Å²) in [6.45, 7) is 6.42. The number of nitrogens with zero attached hydrogens (tertiary/aromatic N) is 2. The van der Waals surface area contributed by atoms with Crippen molar-refractivity contribution in [2.24, 2.45) is 0 Å². The molecule has 1 unspecified atom stereocenters. The highest BCUT2D eigenvalue weighted by atomic mass is 32.1. The smallest absolute Gasteiger partial charge is 0.241 e. The number of amides is 1. The second kappa shape index (κ2) is 6.72. The van der Waals surface area contributed by atoms with E-state index < -0.39 is 0 Å². The fourth-order valence-electron chi connectivity index (χ4n) is 3.08. The first-order valence-electron chi connectivity index (χ1n) is 7.80. The van der Waals surface area contributed by atoms with Crippen molar-refractivity contribution in [3.63, 3.8) is 0 Å². The van der Waals surface area contributed by atoms with Crippen molar-refractivity contribution in [3.8, 4) is 5.75 Å². The number of thiophene rings is 1. The van der Waals surface area contributed by atoms with Gasteiger partial charge >= 0.3 is 0 Å². The number of methoxy groups -OCH3 is 1. The van der Waals surface area contributed by atoms with Crippen LogP contribution in [-0.4, -0.2) is 37.0 Å². The maximum absolute atomic E-state index is 12.7. The molecule has 23 heavy (non-hydrogen) atoms. The second-order valence-corrected chi connectivity index (χ2v) is 7.01. The molecule has 2 heterocycles. The van der Waals surface area contributed by atoms with E-state index in [1.54, 1.807) is 18.4 Å². The molecule has 1 aromatic heterocycles. The van der Waals surface area contributed by atoms with Crippen LogP contribution in [0.15, 0.2) is 35.7 Å². The van der Waals surface area contributed by atoms with Crippen LogP contribution in [0.1, 0.15) is 17.4 Å². The average Bonchev–Trinajstić information content (AvgIpc) is 2.92. The number of hydrogen-bond donors (Lipinski definition) is 0. The molecule has 0 N–H and O–H groups in total. The van der Waals surface area contributed by atoms with Gasteiger partial charge in [-0.05, 0) is 43.0 Å². The van der Waals surface area contributed by atoms with Gasteiger partial charge in [0.05, 0.1) is 13.7 Å². The lowest BCUT2D eigenvalue weighted by Crippen LogP contribution is -2.55. The van der Waals surface area contributed by atoms with Gasteiger partial charge in [-0.15, -0.1) is 11.3 Å². The predicted octanol–water partition coefficient (Wildman–Crippen LogP) is 3.30. The summed E-state index contributed by atoms with van der Waals surface area (Å²) in [6, 6.07) is 9.99. The van der Waals surface area contributed by atoms with Crippen LogP contribution in [0.2, 0.25) is 0 Å². The maximum Gasteiger partial charge on any atom is 0.241 e. The molecule has 0 spiro atoms. The van der Waals surface area contributed by atoms with Crippen LogP contribution in [0.3, 0.4) is 0 Å². The number of rotatable bonds is 4. The average molecular weight is 330 g/mol. The van der Waals surface area contributed by atoms with E-state index in [1.165, 1.54) is 10.4 Å². The van der Waals surface area contributed by atoms with E-state index in [-0.39, 0.29) is 11.9 Å². The number of anilines is 1. The highest BCUT2D eigenvalue weighted by Gasteiger charge is 2.31. The molecule has 3 rings (SSSR count). The van der Waals surface area contributed by atoms with E-state index in [9.17, 15) is 4.79 Å². The van der Waals surface area contributed by atoms with Gasteiger partial charge in [0.25, 0.3) is 0 Å². The molecule has 0 radical (unpaired) electrons. The van der Waals surface area contributed by atoms with Gasteiger partial charge < -0.3 is 9.64 Å². The fraction of sp³-hybridized carbons (Fsp3) is 0.389. The van der Waals surface area contributed by atoms with E-state index in [0.717, 1.165) is 24.5 Å². The molecule has 1 atom stereocenters. The zero-order chi connectivity index (χ0) is 16.4. The normalized spacial score (nSPS) is 19.2. The lowest BCUT2D eigenvalue weighted by atomic mass is 10.1. The van der Waals surface area contributed by atoms with Crippen LogP contribution in [-0.2, 0) is 11.3 Å². The standard InChI is InChI=1S/C18H22N2O2S/c1-13-7-8-23-17(13)11-19-10-14(2)20(18(21)12-19)15-5-4-6-16(9-15)22-3/h4-9,14H,10-12H2,1-3H3. The van der Waals surface area contributed by atoms with Gasteiger partial charge in [-0.25, -0.2) is 0 Å². The van der Waals surface area contributed by atoms with Crippen molar-refractivity contribution in [1.29, 1.82) is 0 Å². The van der Waals surface area contributed by atoms with Crippen molar-refractivity contribution in [2.75, 3.05) is 25.1 Å². The predicted molar refractivity (Wildman–Crippen MR) is 94.3 cm³/mol. The largest absolute Gasteiger partial charge is 0.497 e. The zero-order valence-electron chi connectivity index (χ0n) is 13.8. The number of aryl methyl sites for hydroxylation is 1. The third kappa shape index (κ3) is 3.41. The summed E-state index contributed by atoms with van der Waals surface area (Å²) < 4.78 is 5.27. The minimum Gasteiger partial charge on any atom is -0.497 e. The third-order valence-corrected chi connectivity index (χ3v) is 5.27. The quantitative estimate of drug-likeness (QED) is 0.862. The Labute approximate surface area is 141 Å². The third-order valence-electron chi connectivity index (χ3n) is 4.26. The van der Waals surface area contributed by atoms with E-state index in [2.05, 4.69) is 30.2 Å². The second-order valence-electron chi connectivity index (χ2n) is 6.01. The van der Waals surface area contributed by atoms with Crippen LogP contribution in [0.4, 0.5) is 5.69 Å². The first-order chi connectivity index (χ1) is 11.1. The summed E-state index contributed by atoms with van der Waals surface area (Å²) in [5.74, 6) is 0.922. The van der Waals surface area contributed by atoms with Gasteiger partial charge in [-0.3, -0.25) is 9.69 Å². The summed E-state index contributed by atoms with van der Waals surface area (Å²) in [5, 5.41) is 2.11. The molecule has 5 heteroatoms. The number of ether oxygens (including phenoxy) is 1. The zero-order valence-corrected chi connectivity index (χ0v) is 14.6. The summed E-state index contributed by atoms with van der Waals surface area (Å²) in [7, 11) is 1.64. The fourth-order valence-corrected chi connectivity index (χ4v) is 4.03. The number of piperazine rings is 1. The Kier molecular flexibility index (Phi) is 4.68. The Morgan fingerprint density at radius 3 is 2.83 bits per heavy atom. The molecule has 1 amide bonds. The number of hydrogen-bond acceptors (Lipinski definition) is 4. The SMILES string of the molecule is COc1cccc(N2C(=O)CN(Cc3sccc3C)CC2C)c1. The Hall–Kier alpha value is -1.85. The molecule has 122 valence electrons. The van der Waals surface area contributed by atoms with Crippen LogP contribution in [0.25, 0.3) is 0 Å². The maximum atomic E-state index is 12.7. The molecule has 0 aliphatic carbocycles. The van der Waals surface area contributed by atoms with Crippen molar-refractivity contribution in [1.82, 2.24) is 4.90 Å². The molecule has 2 aromatic rings. The topological polar surface area (TPSA) is 32.8 Å². The minimum absolute atomic E-state index is 0.142. The highest BCUT2D eigenvalue weighted by Crippen LogP contribution is 2.27. The molecule has 0 saturated carbocycles. The van der Waals surface area contributed by atoms with E-state index in [4.69, 9.17) is 4.74 Å². The molecule has 1 saturated heterocycles. The van der Waals surface area contributed by atoms with Crippen LogP contribution >= 0.6 is 11.3 Å². The summed E-state index contributed by atoms with van der Waals surface area (Å²) >= 11 is 1.76. The van der Waals surface area contributed by atoms with Crippen LogP contribution < -0.4 is 9.64 Å². The van der Waals surface area contributed by atoms with E-state index >= 15 is 0 Å². The van der Waals surface area contributed by atoms with Crippen LogP contribution in [0, 0.1) is 6.92 Å². The number of benzene rings is 1. The summed E-state index contributed by atoms with van der Waals surface area (Å²) in [6.07, 6.45) is 0. The molecule has 0 bridgehead atoms. The number of carbonyl (C=O) groups excluding carboxylic acids is 1. The first kappa shape index (κ1) is 16.0. The van der Waals surface area contributed by atoms with Crippen molar-refractivity contribution < 1.29 is 9.53 Å². The Morgan fingerprint density at radius 2 is 2.17 bits per heavy atom. The molecule has 1 fully saturated rings. The molecule has 1 aromatic carbocycles. The highest BCUT2D eigenvalue weighted by molar-refractivity contribution is 7.10. The van der Waals surface area contributed by atoms with Crippen molar-refractivity contribution >= 4 is 22.9 Å². The molecular formula is C18H22N2O2S. The summed E-state index contributed by atoms with van der Waals surface area (Å²) in [4.78, 5) is 18.2. The lowest BCUT2D eigenvalue weighted by Gasteiger charge is -2.39. The van der Waals surface area contributed by atoms with Gasteiger partial charge in [0, 0.05) is 35.8 Å². The molecule has 4 nitrogen and oxygen atoms in total. The first-order valence-corrected chi connectivity index (χ1v) is 8.68. The van der Waals surface area contributed by atoms with E-state index in [1.807, 2.05) is 29.2 Å². The van der Waals surface area contributed by atoms with Crippen molar-refractivity contribution in [3.05, 3.63) is 46.2 Å². The van der Waals surface area contributed by atoms with Gasteiger partial charge in [-0.2, -0.15) is 0 Å². The van der Waals surface area contributed by atoms with Crippen molar-refractivity contribution in [2.45, 2.75) is 26.4 Å². The van der Waals surface area contributed by atoms with Gasteiger partial charge in [0.1, 0.15) is 5.75 Å². The Balaban J connectivity index is 1.74.